The molecule has 0 saturated heterocycles. The number of hydrogen-bond acceptors (Lipinski definition) is 7. The van der Waals surface area contributed by atoms with Crippen LogP contribution in [0.3, 0.4) is 0 Å². The van der Waals surface area contributed by atoms with Crippen LogP contribution < -0.4 is 4.74 Å². The maximum atomic E-state index is 14.6. The largest absolute Gasteiger partial charge is 0.573 e. The minimum atomic E-state index is -4.80. The molecule has 0 amide bonds. The Bertz CT molecular complexity index is 1290. The van der Waals surface area contributed by atoms with Crippen LogP contribution in [0.2, 0.25) is 0 Å². The van der Waals surface area contributed by atoms with Crippen LogP contribution in [-0.2, 0) is 23.5 Å². The molecule has 0 aliphatic rings. The third-order valence-corrected chi connectivity index (χ3v) is 5.36. The first-order valence-corrected chi connectivity index (χ1v) is 10.5. The fourth-order valence-electron chi connectivity index (χ4n) is 3.52. The number of aromatic nitrogens is 4. The molecule has 2 aromatic heterocycles. The maximum Gasteiger partial charge on any atom is 0.573 e. The molecule has 4 rings (SSSR count). The Labute approximate surface area is 200 Å². The van der Waals surface area contributed by atoms with Crippen LogP contribution >= 0.6 is 0 Å². The highest BCUT2D eigenvalue weighted by Crippen LogP contribution is 2.32. The highest BCUT2D eigenvalue weighted by atomic mass is 19.4. The quantitative estimate of drug-likeness (QED) is 0.329. The molecule has 1 N–H and O–H groups in total. The van der Waals surface area contributed by atoms with Crippen LogP contribution in [0.5, 0.6) is 5.75 Å². The van der Waals surface area contributed by atoms with E-state index < -0.39 is 29.7 Å². The number of benzene rings is 2. The van der Waals surface area contributed by atoms with E-state index in [1.54, 1.807) is 0 Å². The second-order valence-corrected chi connectivity index (χ2v) is 7.85. The fourth-order valence-corrected chi connectivity index (χ4v) is 3.52. The minimum absolute atomic E-state index is 0.189. The molecular weight excluding hydrogens is 491 g/mol. The molecule has 8 nitrogen and oxygen atoms in total. The fraction of sp³-hybridized carbons (Fsp3) is 0.261. The summed E-state index contributed by atoms with van der Waals surface area (Å²) in [5.74, 6) is -1.92. The standard InChI is InChI=1S/C23H19F5N4O4/c1-14(22(33,11-32-13-29-12-30-32)19-7-4-16(24)8-20(19)25)34-10-18-9-21(31-36-18)15-2-5-17(6-3-15)35-23(26,27)28/h2-9,12-14,33H,10-11H2,1H3/t14-,22?/m1/s1. The van der Waals surface area contributed by atoms with Crippen molar-refractivity contribution in [3.8, 4) is 17.0 Å². The van der Waals surface area contributed by atoms with E-state index in [0.717, 1.165) is 24.3 Å². The molecule has 0 aliphatic carbocycles. The van der Waals surface area contributed by atoms with Gasteiger partial charge in [0.2, 0.25) is 0 Å². The number of ether oxygens (including phenoxy) is 2. The van der Waals surface area contributed by atoms with Gasteiger partial charge < -0.3 is 19.1 Å². The SMILES string of the molecule is C[C@@H](OCc1cc(-c2ccc(OC(F)(F)F)cc2)no1)C(O)(Cn1cncn1)c1ccc(F)cc1F. The van der Waals surface area contributed by atoms with Crippen molar-refractivity contribution < 1.29 is 41.1 Å². The lowest BCUT2D eigenvalue weighted by Crippen LogP contribution is -2.44. The van der Waals surface area contributed by atoms with Gasteiger partial charge in [0.25, 0.3) is 0 Å². The predicted molar refractivity (Wildman–Crippen MR) is 113 cm³/mol. The van der Waals surface area contributed by atoms with E-state index in [1.165, 1.54) is 42.5 Å². The van der Waals surface area contributed by atoms with Crippen molar-refractivity contribution in [1.29, 1.82) is 0 Å². The topological polar surface area (TPSA) is 95.4 Å². The number of rotatable bonds is 9. The molecule has 0 spiro atoms. The summed E-state index contributed by atoms with van der Waals surface area (Å²) in [5.41, 5.74) is -1.39. The molecule has 2 atom stereocenters. The number of alkyl halides is 3. The first-order valence-electron chi connectivity index (χ1n) is 10.5. The number of aliphatic hydroxyl groups is 1. The van der Waals surface area contributed by atoms with Gasteiger partial charge in [-0.15, -0.1) is 13.2 Å². The Morgan fingerprint density at radius 3 is 2.47 bits per heavy atom. The van der Waals surface area contributed by atoms with Gasteiger partial charge in [-0.3, -0.25) is 0 Å². The summed E-state index contributed by atoms with van der Waals surface area (Å²) in [7, 11) is 0. The molecule has 2 heterocycles. The van der Waals surface area contributed by atoms with Crippen LogP contribution in [-0.4, -0.2) is 37.5 Å². The van der Waals surface area contributed by atoms with Crippen LogP contribution in [0, 0.1) is 11.6 Å². The lowest BCUT2D eigenvalue weighted by atomic mass is 9.88. The van der Waals surface area contributed by atoms with Crippen molar-refractivity contribution in [1.82, 2.24) is 19.9 Å². The Hall–Kier alpha value is -3.84. The number of hydrogen-bond donors (Lipinski definition) is 1. The molecule has 0 bridgehead atoms. The lowest BCUT2D eigenvalue weighted by Gasteiger charge is -2.34. The van der Waals surface area contributed by atoms with Gasteiger partial charge >= 0.3 is 6.36 Å². The summed E-state index contributed by atoms with van der Waals surface area (Å²) < 4.78 is 81.2. The molecular formula is C23H19F5N4O4. The molecule has 36 heavy (non-hydrogen) atoms. The summed E-state index contributed by atoms with van der Waals surface area (Å²) in [5, 5.41) is 19.2. The first kappa shape index (κ1) is 25.3. The highest BCUT2D eigenvalue weighted by Gasteiger charge is 2.40. The van der Waals surface area contributed by atoms with E-state index in [4.69, 9.17) is 9.26 Å². The van der Waals surface area contributed by atoms with Gasteiger partial charge in [-0.1, -0.05) is 11.2 Å². The van der Waals surface area contributed by atoms with Gasteiger partial charge in [-0.05, 0) is 37.3 Å². The van der Waals surface area contributed by atoms with Crippen LogP contribution in [0.4, 0.5) is 22.0 Å². The van der Waals surface area contributed by atoms with E-state index in [0.29, 0.717) is 17.3 Å². The smallest absolute Gasteiger partial charge is 0.406 e. The predicted octanol–water partition coefficient (Wildman–Crippen LogP) is 4.60. The third-order valence-electron chi connectivity index (χ3n) is 5.36. The van der Waals surface area contributed by atoms with Crippen molar-refractivity contribution in [2.75, 3.05) is 0 Å². The van der Waals surface area contributed by atoms with Crippen LogP contribution in [0.25, 0.3) is 11.3 Å². The molecule has 0 saturated carbocycles. The maximum absolute atomic E-state index is 14.6. The summed E-state index contributed by atoms with van der Waals surface area (Å²) >= 11 is 0. The van der Waals surface area contributed by atoms with Crippen molar-refractivity contribution in [2.24, 2.45) is 0 Å². The molecule has 4 aromatic rings. The van der Waals surface area contributed by atoms with E-state index in [-0.39, 0.29) is 30.2 Å². The Balaban J connectivity index is 1.48. The zero-order valence-corrected chi connectivity index (χ0v) is 18.6. The van der Waals surface area contributed by atoms with Gasteiger partial charge in [0.15, 0.2) is 5.76 Å². The number of nitrogens with zero attached hydrogens (tertiary/aromatic N) is 4. The summed E-state index contributed by atoms with van der Waals surface area (Å²) in [6.07, 6.45) is -3.28. The summed E-state index contributed by atoms with van der Waals surface area (Å²) in [6, 6.07) is 9.32. The van der Waals surface area contributed by atoms with E-state index in [9.17, 15) is 27.1 Å². The normalized spacial score (nSPS) is 14.4. The Morgan fingerprint density at radius 2 is 1.83 bits per heavy atom. The van der Waals surface area contributed by atoms with Crippen LogP contribution in [0.15, 0.2) is 65.7 Å². The highest BCUT2D eigenvalue weighted by molar-refractivity contribution is 5.59. The summed E-state index contributed by atoms with van der Waals surface area (Å²) in [6.45, 7) is 1.06. The average molecular weight is 510 g/mol. The second kappa shape index (κ2) is 10.0. The van der Waals surface area contributed by atoms with Crippen molar-refractivity contribution in [2.45, 2.75) is 38.1 Å². The minimum Gasteiger partial charge on any atom is -0.406 e. The zero-order chi connectivity index (χ0) is 25.9. The molecule has 2 aromatic carbocycles. The van der Waals surface area contributed by atoms with Crippen molar-refractivity contribution >= 4 is 0 Å². The lowest BCUT2D eigenvalue weighted by molar-refractivity contribution is -0.274. The summed E-state index contributed by atoms with van der Waals surface area (Å²) in [4.78, 5) is 3.80. The third kappa shape index (κ3) is 5.86. The van der Waals surface area contributed by atoms with Gasteiger partial charge in [-0.25, -0.2) is 18.4 Å². The molecule has 0 aliphatic heterocycles. The molecule has 190 valence electrons. The molecule has 13 heteroatoms. The van der Waals surface area contributed by atoms with E-state index in [1.807, 2.05) is 0 Å². The average Bonchev–Trinajstić information content (AvgIpc) is 3.49. The van der Waals surface area contributed by atoms with E-state index >= 15 is 0 Å². The second-order valence-electron chi connectivity index (χ2n) is 7.85. The zero-order valence-electron chi connectivity index (χ0n) is 18.6. The van der Waals surface area contributed by atoms with Crippen molar-refractivity contribution in [3.63, 3.8) is 0 Å². The monoisotopic (exact) mass is 510 g/mol. The number of halogens is 5. The Kier molecular flexibility index (Phi) is 7.04. The van der Waals surface area contributed by atoms with Crippen LogP contribution in [0.1, 0.15) is 18.2 Å². The van der Waals surface area contributed by atoms with Gasteiger partial charge in [0.1, 0.15) is 47.9 Å². The Morgan fingerprint density at radius 1 is 1.08 bits per heavy atom. The van der Waals surface area contributed by atoms with Gasteiger partial charge in [0, 0.05) is 23.3 Å². The molecule has 0 radical (unpaired) electrons. The van der Waals surface area contributed by atoms with Gasteiger partial charge in [0.05, 0.1) is 12.6 Å². The van der Waals surface area contributed by atoms with Gasteiger partial charge in [-0.2, -0.15) is 5.10 Å². The molecule has 0 fully saturated rings. The first-order chi connectivity index (χ1) is 17.0. The molecule has 1 unspecified atom stereocenters. The van der Waals surface area contributed by atoms with Crippen molar-refractivity contribution in [3.05, 3.63) is 84.1 Å². The van der Waals surface area contributed by atoms with E-state index in [2.05, 4.69) is 20.0 Å².